The summed E-state index contributed by atoms with van der Waals surface area (Å²) in [6.45, 7) is 0.101. The fraction of sp³-hybridized carbons (Fsp3) is 0.154. The van der Waals surface area contributed by atoms with Gasteiger partial charge in [0, 0.05) is 29.8 Å². The number of benzene rings is 1. The van der Waals surface area contributed by atoms with Crippen LogP contribution in [-0.2, 0) is 16.6 Å². The third-order valence-corrected chi connectivity index (χ3v) is 5.66. The highest BCUT2D eigenvalue weighted by atomic mass is 35.5. The fourth-order valence-electron chi connectivity index (χ4n) is 1.71. The summed E-state index contributed by atoms with van der Waals surface area (Å²) in [5, 5.41) is 0.831. The zero-order chi connectivity index (χ0) is 15.6. The summed E-state index contributed by atoms with van der Waals surface area (Å²) in [5.74, 6) is 0. The molecule has 0 fully saturated rings. The Kier molecular flexibility index (Phi) is 5.11. The van der Waals surface area contributed by atoms with Crippen LogP contribution in [0.2, 0.25) is 15.2 Å². The monoisotopic (exact) mass is 364 g/mol. The Morgan fingerprint density at radius 1 is 1.19 bits per heavy atom. The van der Waals surface area contributed by atoms with Gasteiger partial charge in [0.25, 0.3) is 0 Å². The number of hydrogen-bond acceptors (Lipinski definition) is 3. The van der Waals surface area contributed by atoms with Crippen LogP contribution < -0.4 is 0 Å². The summed E-state index contributed by atoms with van der Waals surface area (Å²) >= 11 is 17.7. The standard InChI is InChI=1S/C13H11Cl3N2O2S/c1-18(8-9-4-5-10(14)7-11(9)15)21(19,20)12-3-2-6-17-13(12)16/h2-7H,8H2,1H3. The number of aromatic nitrogens is 1. The highest BCUT2D eigenvalue weighted by Crippen LogP contribution is 2.26. The summed E-state index contributed by atoms with van der Waals surface area (Å²) in [7, 11) is -2.30. The molecule has 0 atom stereocenters. The molecule has 0 aliphatic carbocycles. The van der Waals surface area contributed by atoms with Crippen molar-refractivity contribution in [3.05, 3.63) is 57.3 Å². The molecule has 0 bridgehead atoms. The van der Waals surface area contributed by atoms with E-state index in [4.69, 9.17) is 34.8 Å². The second-order valence-electron chi connectivity index (χ2n) is 4.29. The first kappa shape index (κ1) is 16.5. The van der Waals surface area contributed by atoms with Crippen LogP contribution >= 0.6 is 34.8 Å². The van der Waals surface area contributed by atoms with Gasteiger partial charge in [-0.15, -0.1) is 0 Å². The van der Waals surface area contributed by atoms with Gasteiger partial charge in [-0.3, -0.25) is 0 Å². The second-order valence-corrected chi connectivity index (χ2v) is 7.50. The third kappa shape index (κ3) is 3.67. The van der Waals surface area contributed by atoms with Crippen molar-refractivity contribution >= 4 is 44.8 Å². The predicted octanol–water partition coefficient (Wildman–Crippen LogP) is 3.86. The van der Waals surface area contributed by atoms with E-state index in [-0.39, 0.29) is 16.6 Å². The van der Waals surface area contributed by atoms with Crippen LogP contribution in [0.5, 0.6) is 0 Å². The van der Waals surface area contributed by atoms with Crippen LogP contribution in [0.4, 0.5) is 0 Å². The predicted molar refractivity (Wildman–Crippen MR) is 84.4 cm³/mol. The molecule has 0 saturated heterocycles. The van der Waals surface area contributed by atoms with Gasteiger partial charge in [-0.1, -0.05) is 40.9 Å². The van der Waals surface area contributed by atoms with E-state index in [1.54, 1.807) is 18.2 Å². The number of pyridine rings is 1. The number of rotatable bonds is 4. The molecule has 2 rings (SSSR count). The zero-order valence-corrected chi connectivity index (χ0v) is 14.0. The zero-order valence-electron chi connectivity index (χ0n) is 10.9. The lowest BCUT2D eigenvalue weighted by atomic mass is 10.2. The molecule has 21 heavy (non-hydrogen) atoms. The Balaban J connectivity index is 2.31. The summed E-state index contributed by atoms with van der Waals surface area (Å²) in [6.07, 6.45) is 1.43. The first-order chi connectivity index (χ1) is 9.82. The summed E-state index contributed by atoms with van der Waals surface area (Å²) in [5.41, 5.74) is 0.646. The molecular weight excluding hydrogens is 355 g/mol. The van der Waals surface area contributed by atoms with Crippen molar-refractivity contribution in [3.63, 3.8) is 0 Å². The van der Waals surface area contributed by atoms with Gasteiger partial charge in [0.15, 0.2) is 0 Å². The van der Waals surface area contributed by atoms with Crippen molar-refractivity contribution in [2.45, 2.75) is 11.4 Å². The molecule has 0 amide bonds. The minimum Gasteiger partial charge on any atom is -0.243 e. The lowest BCUT2D eigenvalue weighted by molar-refractivity contribution is 0.466. The lowest BCUT2D eigenvalue weighted by Crippen LogP contribution is -2.27. The van der Waals surface area contributed by atoms with Gasteiger partial charge in [0.05, 0.1) is 0 Å². The SMILES string of the molecule is CN(Cc1ccc(Cl)cc1Cl)S(=O)(=O)c1cccnc1Cl. The van der Waals surface area contributed by atoms with E-state index in [0.717, 1.165) is 4.31 Å². The van der Waals surface area contributed by atoms with Crippen LogP contribution in [0.1, 0.15) is 5.56 Å². The molecule has 0 N–H and O–H groups in total. The van der Waals surface area contributed by atoms with E-state index in [9.17, 15) is 8.42 Å². The molecule has 0 saturated carbocycles. The van der Waals surface area contributed by atoms with Crippen molar-refractivity contribution in [1.29, 1.82) is 0 Å². The molecule has 1 heterocycles. The largest absolute Gasteiger partial charge is 0.246 e. The molecule has 112 valence electrons. The van der Waals surface area contributed by atoms with Gasteiger partial charge in [-0.05, 0) is 29.8 Å². The highest BCUT2D eigenvalue weighted by Gasteiger charge is 2.24. The van der Waals surface area contributed by atoms with E-state index in [2.05, 4.69) is 4.98 Å². The van der Waals surface area contributed by atoms with Gasteiger partial charge in [-0.2, -0.15) is 4.31 Å². The molecule has 0 aliphatic heterocycles. The van der Waals surface area contributed by atoms with E-state index in [0.29, 0.717) is 15.6 Å². The lowest BCUT2D eigenvalue weighted by Gasteiger charge is -2.18. The van der Waals surface area contributed by atoms with Crippen molar-refractivity contribution in [2.75, 3.05) is 7.05 Å². The van der Waals surface area contributed by atoms with Crippen LogP contribution in [0.25, 0.3) is 0 Å². The van der Waals surface area contributed by atoms with Gasteiger partial charge < -0.3 is 0 Å². The average Bonchev–Trinajstić information content (AvgIpc) is 2.42. The maximum Gasteiger partial charge on any atom is 0.246 e. The van der Waals surface area contributed by atoms with Crippen molar-refractivity contribution in [3.8, 4) is 0 Å². The molecule has 0 spiro atoms. The van der Waals surface area contributed by atoms with Crippen LogP contribution in [0.3, 0.4) is 0 Å². The van der Waals surface area contributed by atoms with Crippen molar-refractivity contribution in [1.82, 2.24) is 9.29 Å². The smallest absolute Gasteiger partial charge is 0.243 e. The minimum atomic E-state index is -3.75. The van der Waals surface area contributed by atoms with Crippen LogP contribution in [-0.4, -0.2) is 24.8 Å². The summed E-state index contributed by atoms with van der Waals surface area (Å²) in [4.78, 5) is 3.74. The van der Waals surface area contributed by atoms with E-state index < -0.39 is 10.0 Å². The first-order valence-electron chi connectivity index (χ1n) is 5.83. The van der Waals surface area contributed by atoms with Crippen molar-refractivity contribution in [2.24, 2.45) is 0 Å². The Morgan fingerprint density at radius 3 is 2.52 bits per heavy atom. The molecule has 0 aliphatic rings. The summed E-state index contributed by atoms with van der Waals surface area (Å²) in [6, 6.07) is 7.82. The average molecular weight is 366 g/mol. The normalized spacial score (nSPS) is 11.9. The second kappa shape index (κ2) is 6.50. The molecule has 1 aromatic carbocycles. The van der Waals surface area contributed by atoms with Gasteiger partial charge >= 0.3 is 0 Å². The molecule has 1 aromatic heterocycles. The van der Waals surface area contributed by atoms with E-state index in [1.807, 2.05) is 0 Å². The highest BCUT2D eigenvalue weighted by molar-refractivity contribution is 7.89. The molecule has 0 unspecified atom stereocenters. The summed E-state index contributed by atoms with van der Waals surface area (Å²) < 4.78 is 26.1. The van der Waals surface area contributed by atoms with Crippen LogP contribution in [0.15, 0.2) is 41.4 Å². The molecule has 0 radical (unpaired) electrons. The van der Waals surface area contributed by atoms with E-state index in [1.165, 1.54) is 25.4 Å². The Hall–Kier alpha value is -0.850. The number of hydrogen-bond donors (Lipinski definition) is 0. The van der Waals surface area contributed by atoms with Gasteiger partial charge in [-0.25, -0.2) is 13.4 Å². The maximum absolute atomic E-state index is 12.5. The Labute approximate surface area is 138 Å². The molecule has 8 heteroatoms. The quantitative estimate of drug-likeness (QED) is 0.773. The van der Waals surface area contributed by atoms with Crippen molar-refractivity contribution < 1.29 is 8.42 Å². The molecular formula is C13H11Cl3N2O2S. The third-order valence-electron chi connectivity index (χ3n) is 2.82. The number of nitrogens with zero attached hydrogens (tertiary/aromatic N) is 2. The Morgan fingerprint density at radius 2 is 1.90 bits per heavy atom. The van der Waals surface area contributed by atoms with Gasteiger partial charge in [0.1, 0.15) is 10.0 Å². The fourth-order valence-corrected chi connectivity index (χ4v) is 3.75. The minimum absolute atomic E-state index is 0.0424. The maximum atomic E-state index is 12.5. The number of sulfonamides is 1. The van der Waals surface area contributed by atoms with E-state index >= 15 is 0 Å². The molecule has 4 nitrogen and oxygen atoms in total. The molecule has 2 aromatic rings. The number of halogens is 3. The first-order valence-corrected chi connectivity index (χ1v) is 8.40. The van der Waals surface area contributed by atoms with Crippen LogP contribution in [0, 0.1) is 0 Å². The topological polar surface area (TPSA) is 50.3 Å². The van der Waals surface area contributed by atoms with Gasteiger partial charge in [0.2, 0.25) is 10.0 Å². The Bertz CT molecular complexity index is 766.